The third-order valence-corrected chi connectivity index (χ3v) is 10.7. The Kier molecular flexibility index (Phi) is 8.20. The van der Waals surface area contributed by atoms with Crippen LogP contribution in [0.25, 0.3) is 10.9 Å². The number of guanidine groups is 1. The molecule has 2 aromatic carbocycles. The van der Waals surface area contributed by atoms with Crippen LogP contribution in [-0.2, 0) is 6.42 Å². The van der Waals surface area contributed by atoms with Crippen LogP contribution in [0.3, 0.4) is 0 Å². The van der Waals surface area contributed by atoms with Crippen molar-refractivity contribution in [2.45, 2.75) is 85.0 Å². The normalized spacial score (nSPS) is 28.8. The van der Waals surface area contributed by atoms with Gasteiger partial charge in [0.05, 0.1) is 30.4 Å². The van der Waals surface area contributed by atoms with E-state index in [0.717, 1.165) is 37.1 Å². The number of aliphatic imine (C=N–C) groups is 1. The molecule has 4 aliphatic rings. The number of fused-ring (bicyclic) bond motifs is 3. The van der Waals surface area contributed by atoms with Gasteiger partial charge >= 0.3 is 0 Å². The molecular formula is C35H47FN6O2. The van der Waals surface area contributed by atoms with Crippen molar-refractivity contribution in [3.63, 3.8) is 0 Å². The fourth-order valence-electron chi connectivity index (χ4n) is 8.04. The maximum Gasteiger partial charge on any atom is 0.261 e. The summed E-state index contributed by atoms with van der Waals surface area (Å²) in [6.07, 6.45) is 4.39. The molecule has 2 N–H and O–H groups in total. The number of benzene rings is 2. The van der Waals surface area contributed by atoms with E-state index in [9.17, 15) is 9.18 Å². The summed E-state index contributed by atoms with van der Waals surface area (Å²) >= 11 is 0. The monoisotopic (exact) mass is 602 g/mol. The average molecular weight is 603 g/mol. The van der Waals surface area contributed by atoms with Gasteiger partial charge in [-0.05, 0) is 93.0 Å². The number of hydrogen-bond donors (Lipinski definition) is 2. The van der Waals surface area contributed by atoms with Crippen LogP contribution >= 0.6 is 0 Å². The van der Waals surface area contributed by atoms with E-state index in [1.807, 2.05) is 25.1 Å². The van der Waals surface area contributed by atoms with Crippen molar-refractivity contribution in [3.8, 4) is 5.75 Å². The summed E-state index contributed by atoms with van der Waals surface area (Å²) in [7, 11) is 1.51. The molecule has 9 heteroatoms. The zero-order valence-electron chi connectivity index (χ0n) is 27.1. The molecule has 3 saturated carbocycles. The summed E-state index contributed by atoms with van der Waals surface area (Å²) in [6.45, 7) is 15.3. The molecule has 0 spiro atoms. The van der Waals surface area contributed by atoms with Crippen LogP contribution in [0, 0.1) is 29.0 Å². The zero-order valence-corrected chi connectivity index (χ0v) is 27.1. The fraction of sp³-hybridized carbons (Fsp3) is 0.571. The SMILES string of the molecule is COc1ccc(C[C@@H](C)n2cnc3cc(NC(=N[C@H]4C[C@H]5C[C@@H]([C@@H]4C)C5(C)C)N4C[C@@H](C)N[C@@H](C)C4)ccc3c2=O)c(F)c1. The van der Waals surface area contributed by atoms with E-state index in [-0.39, 0.29) is 23.5 Å². The summed E-state index contributed by atoms with van der Waals surface area (Å²) < 4.78 is 21.3. The highest BCUT2D eigenvalue weighted by Crippen LogP contribution is 2.61. The molecule has 3 aliphatic carbocycles. The highest BCUT2D eigenvalue weighted by atomic mass is 19.1. The summed E-state index contributed by atoms with van der Waals surface area (Å²) in [5.74, 6) is 3.01. The van der Waals surface area contributed by atoms with Gasteiger partial charge in [0.2, 0.25) is 0 Å². The number of rotatable bonds is 6. The third-order valence-electron chi connectivity index (χ3n) is 10.7. The van der Waals surface area contributed by atoms with Crippen molar-refractivity contribution in [2.24, 2.45) is 28.2 Å². The Bertz CT molecular complexity index is 1610. The number of piperazine rings is 1. The Hall–Kier alpha value is -3.46. The maximum atomic E-state index is 14.6. The number of hydrogen-bond acceptors (Lipinski definition) is 5. The van der Waals surface area contributed by atoms with Gasteiger partial charge in [-0.25, -0.2) is 14.4 Å². The van der Waals surface area contributed by atoms with Gasteiger partial charge in [0.1, 0.15) is 11.6 Å². The van der Waals surface area contributed by atoms with Crippen LogP contribution in [-0.4, -0.2) is 58.7 Å². The second-order valence-electron chi connectivity index (χ2n) is 14.2. The Morgan fingerprint density at radius 3 is 2.57 bits per heavy atom. The summed E-state index contributed by atoms with van der Waals surface area (Å²) in [5.41, 5.74) is 2.28. The highest BCUT2D eigenvalue weighted by Gasteiger charge is 2.56. The molecule has 7 rings (SSSR count). The van der Waals surface area contributed by atoms with Crippen molar-refractivity contribution >= 4 is 22.5 Å². The van der Waals surface area contributed by atoms with Crippen LogP contribution < -0.4 is 20.9 Å². The molecule has 1 aromatic heterocycles. The molecule has 4 fully saturated rings. The first-order valence-corrected chi connectivity index (χ1v) is 16.1. The molecule has 2 bridgehead atoms. The summed E-state index contributed by atoms with van der Waals surface area (Å²) in [5, 5.41) is 7.82. The molecule has 8 nitrogen and oxygen atoms in total. The molecule has 1 aliphatic heterocycles. The van der Waals surface area contributed by atoms with Crippen LogP contribution in [0.5, 0.6) is 5.75 Å². The van der Waals surface area contributed by atoms with E-state index in [0.29, 0.717) is 58.0 Å². The highest BCUT2D eigenvalue weighted by molar-refractivity contribution is 5.96. The first-order chi connectivity index (χ1) is 20.9. The first kappa shape index (κ1) is 30.6. The van der Waals surface area contributed by atoms with Gasteiger partial charge in [-0.1, -0.05) is 26.8 Å². The molecule has 7 atom stereocenters. The summed E-state index contributed by atoms with van der Waals surface area (Å²) in [6, 6.07) is 11.3. The fourth-order valence-corrected chi connectivity index (χ4v) is 8.04. The van der Waals surface area contributed by atoms with Gasteiger partial charge < -0.3 is 20.3 Å². The Labute approximate surface area is 260 Å². The Morgan fingerprint density at radius 1 is 1.16 bits per heavy atom. The van der Waals surface area contributed by atoms with Crippen LogP contribution in [0.2, 0.25) is 0 Å². The summed E-state index contributed by atoms with van der Waals surface area (Å²) in [4.78, 5) is 26.0. The molecule has 0 amide bonds. The standard InChI is InChI=1S/C35H47FN6O2/c1-20-17-41(18-21(2)38-20)34(40-31-14-25-13-29(23(31)4)35(25,5)6)39-26-9-11-28-32(15-26)37-19-42(33(28)43)22(3)12-24-8-10-27(44-7)16-30(24)36/h8-11,15-16,19-23,25,29,31,38H,12-14,17-18H2,1-7H3,(H,39,40)/t20-,21+,22-,23+,25-,29+,31+/m1/s1. The molecule has 1 saturated heterocycles. The van der Waals surface area contributed by atoms with Gasteiger partial charge in [0, 0.05) is 43.0 Å². The van der Waals surface area contributed by atoms with Gasteiger partial charge in [0.25, 0.3) is 5.56 Å². The number of aromatic nitrogens is 2. The number of halogens is 1. The van der Waals surface area contributed by atoms with Crippen molar-refractivity contribution in [2.75, 3.05) is 25.5 Å². The number of nitrogens with zero attached hydrogens (tertiary/aromatic N) is 4. The number of anilines is 1. The van der Waals surface area contributed by atoms with E-state index in [1.54, 1.807) is 23.0 Å². The molecule has 3 aromatic rings. The predicted molar refractivity (Wildman–Crippen MR) is 175 cm³/mol. The minimum absolute atomic E-state index is 0.139. The number of ether oxygens (including phenoxy) is 1. The minimum Gasteiger partial charge on any atom is -0.497 e. The smallest absolute Gasteiger partial charge is 0.261 e. The van der Waals surface area contributed by atoms with E-state index >= 15 is 0 Å². The Morgan fingerprint density at radius 2 is 1.91 bits per heavy atom. The topological polar surface area (TPSA) is 83.8 Å². The van der Waals surface area contributed by atoms with Crippen LogP contribution in [0.15, 0.2) is 52.5 Å². The van der Waals surface area contributed by atoms with Crippen LogP contribution in [0.4, 0.5) is 10.1 Å². The molecule has 0 unspecified atom stereocenters. The van der Waals surface area contributed by atoms with Gasteiger partial charge in [-0.3, -0.25) is 9.36 Å². The first-order valence-electron chi connectivity index (χ1n) is 16.1. The quantitative estimate of drug-likeness (QED) is 0.271. The number of methoxy groups -OCH3 is 1. The lowest BCUT2D eigenvalue weighted by Crippen LogP contribution is -2.59. The largest absolute Gasteiger partial charge is 0.497 e. The van der Waals surface area contributed by atoms with Gasteiger partial charge in [-0.15, -0.1) is 0 Å². The molecule has 236 valence electrons. The van der Waals surface area contributed by atoms with E-state index in [2.05, 4.69) is 55.1 Å². The second kappa shape index (κ2) is 11.8. The van der Waals surface area contributed by atoms with E-state index < -0.39 is 0 Å². The molecular weight excluding hydrogens is 555 g/mol. The average Bonchev–Trinajstić information content (AvgIpc) is 2.98. The van der Waals surface area contributed by atoms with Crippen LogP contribution in [0.1, 0.15) is 66.0 Å². The van der Waals surface area contributed by atoms with E-state index in [4.69, 9.17) is 9.73 Å². The van der Waals surface area contributed by atoms with E-state index in [1.165, 1.54) is 19.6 Å². The predicted octanol–water partition coefficient (Wildman–Crippen LogP) is 5.87. The lowest BCUT2D eigenvalue weighted by molar-refractivity contribution is -0.108. The van der Waals surface area contributed by atoms with Gasteiger partial charge in [-0.2, -0.15) is 0 Å². The lowest BCUT2D eigenvalue weighted by atomic mass is 9.45. The third kappa shape index (κ3) is 5.71. The zero-order chi connectivity index (χ0) is 31.3. The van der Waals surface area contributed by atoms with Crippen molar-refractivity contribution in [1.29, 1.82) is 0 Å². The minimum atomic E-state index is -0.345. The molecule has 44 heavy (non-hydrogen) atoms. The Balaban J connectivity index is 1.26. The van der Waals surface area contributed by atoms with Crippen molar-refractivity contribution < 1.29 is 9.13 Å². The second-order valence-corrected chi connectivity index (χ2v) is 14.2. The molecule has 2 heterocycles. The maximum absolute atomic E-state index is 14.6. The van der Waals surface area contributed by atoms with Crippen molar-refractivity contribution in [1.82, 2.24) is 19.8 Å². The van der Waals surface area contributed by atoms with Crippen molar-refractivity contribution in [3.05, 3.63) is 64.5 Å². The number of nitrogens with one attached hydrogen (secondary N) is 2. The lowest BCUT2D eigenvalue weighted by Gasteiger charge is -2.61. The van der Waals surface area contributed by atoms with Gasteiger partial charge in [0.15, 0.2) is 5.96 Å². The molecule has 0 radical (unpaired) electrons.